The molecule has 2 rings (SSSR count). The van der Waals surface area contributed by atoms with Crippen molar-refractivity contribution in [3.05, 3.63) is 29.6 Å². The lowest BCUT2D eigenvalue weighted by molar-refractivity contribution is -0.247. The molecule has 104 valence electrons. The van der Waals surface area contributed by atoms with E-state index in [0.29, 0.717) is 18.9 Å². The van der Waals surface area contributed by atoms with E-state index in [0.717, 1.165) is 0 Å². The Labute approximate surface area is 110 Å². The molecule has 5 nitrogen and oxygen atoms in total. The highest BCUT2D eigenvalue weighted by Gasteiger charge is 2.28. The Morgan fingerprint density at radius 3 is 2.63 bits per heavy atom. The van der Waals surface area contributed by atoms with Crippen molar-refractivity contribution in [2.45, 2.75) is 25.7 Å². The minimum atomic E-state index is -0.793. The van der Waals surface area contributed by atoms with Crippen LogP contribution < -0.4 is 11.1 Å². The van der Waals surface area contributed by atoms with Crippen LogP contribution in [-0.4, -0.2) is 30.9 Å². The molecule has 0 spiro atoms. The van der Waals surface area contributed by atoms with Gasteiger partial charge in [-0.05, 0) is 32.0 Å². The second-order valence-corrected chi connectivity index (χ2v) is 4.92. The lowest BCUT2D eigenvalue weighted by Crippen LogP contribution is -2.45. The van der Waals surface area contributed by atoms with Crippen molar-refractivity contribution in [3.8, 4) is 0 Å². The summed E-state index contributed by atoms with van der Waals surface area (Å²) in [5.74, 6) is -2.01. The second kappa shape index (κ2) is 5.14. The Morgan fingerprint density at radius 2 is 2.05 bits per heavy atom. The lowest BCUT2D eigenvalue weighted by Gasteiger charge is -2.35. The van der Waals surface area contributed by atoms with Crippen molar-refractivity contribution >= 4 is 11.6 Å². The minimum absolute atomic E-state index is 0.0563. The van der Waals surface area contributed by atoms with Crippen LogP contribution in [0, 0.1) is 5.82 Å². The van der Waals surface area contributed by atoms with Gasteiger partial charge in [0.05, 0.1) is 24.8 Å². The fraction of sp³-hybridized carbons (Fsp3) is 0.462. The molecule has 19 heavy (non-hydrogen) atoms. The Bertz CT molecular complexity index is 481. The van der Waals surface area contributed by atoms with E-state index >= 15 is 0 Å². The molecule has 0 unspecified atom stereocenters. The monoisotopic (exact) mass is 268 g/mol. The summed E-state index contributed by atoms with van der Waals surface area (Å²) in [6, 6.07) is 4.08. The first-order valence-corrected chi connectivity index (χ1v) is 6.01. The van der Waals surface area contributed by atoms with Gasteiger partial charge in [-0.2, -0.15) is 0 Å². The van der Waals surface area contributed by atoms with Gasteiger partial charge in [0.25, 0.3) is 5.91 Å². The molecule has 1 fully saturated rings. The number of carbonyl (C=O) groups excluding carboxylic acids is 1. The number of halogens is 1. The van der Waals surface area contributed by atoms with Gasteiger partial charge in [-0.3, -0.25) is 4.79 Å². The Hall–Kier alpha value is -1.66. The van der Waals surface area contributed by atoms with Gasteiger partial charge in [0.15, 0.2) is 5.79 Å². The highest BCUT2D eigenvalue weighted by Crippen LogP contribution is 2.20. The number of carbonyl (C=O) groups is 1. The minimum Gasteiger partial charge on any atom is -0.378 e. The number of ether oxygens (including phenoxy) is 2. The maximum absolute atomic E-state index is 13.3. The molecule has 0 bridgehead atoms. The normalized spacial score (nSPS) is 19.1. The van der Waals surface area contributed by atoms with Crippen LogP contribution in [0.3, 0.4) is 0 Å². The number of nitrogens with one attached hydrogen (secondary N) is 1. The highest BCUT2D eigenvalue weighted by molar-refractivity contribution is 5.94. The third kappa shape index (κ3) is 3.42. The molecule has 0 aromatic heterocycles. The van der Waals surface area contributed by atoms with E-state index in [1.807, 2.05) is 13.8 Å². The van der Waals surface area contributed by atoms with E-state index in [9.17, 15) is 9.18 Å². The maximum Gasteiger partial charge on any atom is 0.251 e. The summed E-state index contributed by atoms with van der Waals surface area (Å²) in [6.45, 7) is 4.62. The smallest absolute Gasteiger partial charge is 0.251 e. The molecule has 0 saturated carbocycles. The molecule has 1 aromatic carbocycles. The van der Waals surface area contributed by atoms with Crippen molar-refractivity contribution in [3.63, 3.8) is 0 Å². The van der Waals surface area contributed by atoms with Gasteiger partial charge in [-0.25, -0.2) is 4.39 Å². The summed E-state index contributed by atoms with van der Waals surface area (Å²) in [7, 11) is 0. The van der Waals surface area contributed by atoms with E-state index in [1.54, 1.807) is 6.07 Å². The van der Waals surface area contributed by atoms with E-state index in [-0.39, 0.29) is 11.6 Å². The van der Waals surface area contributed by atoms with Crippen LogP contribution in [0.15, 0.2) is 18.2 Å². The van der Waals surface area contributed by atoms with Gasteiger partial charge in [0, 0.05) is 5.69 Å². The highest BCUT2D eigenvalue weighted by atomic mass is 19.1. The quantitative estimate of drug-likeness (QED) is 0.871. The van der Waals surface area contributed by atoms with Crippen LogP contribution in [0.2, 0.25) is 0 Å². The summed E-state index contributed by atoms with van der Waals surface area (Å²) in [5.41, 5.74) is 5.56. The average Bonchev–Trinajstić information content (AvgIpc) is 2.34. The Balaban J connectivity index is 2.04. The Kier molecular flexibility index (Phi) is 3.73. The summed E-state index contributed by atoms with van der Waals surface area (Å²) in [4.78, 5) is 11.1. The molecule has 0 atom stereocenters. The van der Waals surface area contributed by atoms with Crippen molar-refractivity contribution < 1.29 is 18.7 Å². The number of anilines is 1. The number of amides is 1. The number of benzene rings is 1. The molecular formula is C13H17FN2O3. The van der Waals surface area contributed by atoms with Crippen LogP contribution in [0.4, 0.5) is 10.1 Å². The average molecular weight is 268 g/mol. The van der Waals surface area contributed by atoms with Crippen LogP contribution in [0.1, 0.15) is 24.2 Å². The number of primary amides is 1. The van der Waals surface area contributed by atoms with Gasteiger partial charge in [-0.1, -0.05) is 0 Å². The molecule has 1 saturated heterocycles. The third-order valence-electron chi connectivity index (χ3n) is 2.87. The van der Waals surface area contributed by atoms with Gasteiger partial charge in [0.1, 0.15) is 5.82 Å². The number of nitrogens with two attached hydrogens (primary N) is 1. The molecule has 3 N–H and O–H groups in total. The van der Waals surface area contributed by atoms with E-state index in [1.165, 1.54) is 12.1 Å². The van der Waals surface area contributed by atoms with Gasteiger partial charge in [0.2, 0.25) is 0 Å². The third-order valence-corrected chi connectivity index (χ3v) is 2.87. The summed E-state index contributed by atoms with van der Waals surface area (Å²) < 4.78 is 24.3. The standard InChI is InChI=1S/C13H17FN2O3/c1-13(2)18-6-9(7-19-13)16-8-3-4-11(14)10(5-8)12(15)17/h3-5,9,16H,6-7H2,1-2H3,(H2,15,17). The van der Waals surface area contributed by atoms with Gasteiger partial charge >= 0.3 is 0 Å². The number of hydrogen-bond acceptors (Lipinski definition) is 4. The zero-order chi connectivity index (χ0) is 14.0. The largest absolute Gasteiger partial charge is 0.378 e. The van der Waals surface area contributed by atoms with Gasteiger partial charge < -0.3 is 20.5 Å². The van der Waals surface area contributed by atoms with Crippen molar-refractivity contribution in [2.24, 2.45) is 5.73 Å². The molecule has 0 aliphatic carbocycles. The molecule has 1 amide bonds. The van der Waals surface area contributed by atoms with Crippen LogP contribution in [0.25, 0.3) is 0 Å². The molecule has 1 aliphatic heterocycles. The van der Waals surface area contributed by atoms with Crippen molar-refractivity contribution in [2.75, 3.05) is 18.5 Å². The van der Waals surface area contributed by atoms with E-state index in [2.05, 4.69) is 5.32 Å². The van der Waals surface area contributed by atoms with Crippen molar-refractivity contribution in [1.29, 1.82) is 0 Å². The molecule has 1 aliphatic rings. The first-order chi connectivity index (χ1) is 8.87. The molecule has 6 heteroatoms. The van der Waals surface area contributed by atoms with E-state index in [4.69, 9.17) is 15.2 Å². The second-order valence-electron chi connectivity index (χ2n) is 4.92. The fourth-order valence-corrected chi connectivity index (χ4v) is 1.82. The van der Waals surface area contributed by atoms with Crippen LogP contribution >= 0.6 is 0 Å². The zero-order valence-electron chi connectivity index (χ0n) is 10.9. The maximum atomic E-state index is 13.3. The molecule has 1 aromatic rings. The van der Waals surface area contributed by atoms with E-state index < -0.39 is 17.5 Å². The lowest BCUT2D eigenvalue weighted by atomic mass is 10.1. The zero-order valence-corrected chi connectivity index (χ0v) is 10.9. The summed E-state index contributed by atoms with van der Waals surface area (Å²) >= 11 is 0. The van der Waals surface area contributed by atoms with Gasteiger partial charge in [-0.15, -0.1) is 0 Å². The predicted octanol–water partition coefficient (Wildman–Crippen LogP) is 1.49. The fourth-order valence-electron chi connectivity index (χ4n) is 1.82. The molecule has 0 radical (unpaired) electrons. The van der Waals surface area contributed by atoms with Crippen molar-refractivity contribution in [1.82, 2.24) is 0 Å². The SMILES string of the molecule is CC1(C)OCC(Nc2ccc(F)c(C(N)=O)c2)CO1. The number of hydrogen-bond donors (Lipinski definition) is 2. The summed E-state index contributed by atoms with van der Waals surface area (Å²) in [5, 5.41) is 3.12. The molecular weight excluding hydrogens is 251 g/mol. The van der Waals surface area contributed by atoms with Crippen LogP contribution in [0.5, 0.6) is 0 Å². The first-order valence-electron chi connectivity index (χ1n) is 6.01. The number of rotatable bonds is 3. The van der Waals surface area contributed by atoms with Crippen LogP contribution in [-0.2, 0) is 9.47 Å². The topological polar surface area (TPSA) is 73.6 Å². The predicted molar refractivity (Wildman–Crippen MR) is 68.3 cm³/mol. The molecule has 1 heterocycles. The first kappa shape index (κ1) is 13.8. The summed E-state index contributed by atoms with van der Waals surface area (Å²) in [6.07, 6.45) is 0. The Morgan fingerprint density at radius 1 is 1.42 bits per heavy atom.